The van der Waals surface area contributed by atoms with Crippen LogP contribution in [0.15, 0.2) is 14.2 Å². The van der Waals surface area contributed by atoms with Gasteiger partial charge >= 0.3 is 0 Å². The summed E-state index contributed by atoms with van der Waals surface area (Å²) < 4.78 is 14.1. The third-order valence-electron chi connectivity index (χ3n) is 0.534. The monoisotopic (exact) mass is 245 g/mol. The molecule has 0 bridgehead atoms. The first kappa shape index (κ1) is 6.35. The van der Waals surface area contributed by atoms with Gasteiger partial charge in [-0.25, -0.2) is 4.99 Å². The molecule has 0 spiro atoms. The summed E-state index contributed by atoms with van der Waals surface area (Å²) in [4.78, 5) is 3.34. The van der Waals surface area contributed by atoms with E-state index in [4.69, 9.17) is 11.6 Å². The van der Waals surface area contributed by atoms with Gasteiger partial charge in [-0.2, -0.15) is 4.39 Å². The lowest BCUT2D eigenvalue weighted by Gasteiger charge is -1.89. The molecule has 44 valence electrons. The van der Waals surface area contributed by atoms with Gasteiger partial charge in [0.25, 0.3) is 0 Å². The predicted octanol–water partition coefficient (Wildman–Crippen LogP) is 2.18. The van der Waals surface area contributed by atoms with Crippen molar-refractivity contribution in [2.75, 3.05) is 0 Å². The van der Waals surface area contributed by atoms with Crippen LogP contribution in [0, 0.1) is 0 Å². The van der Waals surface area contributed by atoms with Crippen molar-refractivity contribution >= 4 is 42.3 Å². The van der Waals surface area contributed by atoms with E-state index < -0.39 is 26.7 Å². The van der Waals surface area contributed by atoms with E-state index in [1.165, 1.54) is 10.2 Å². The maximum absolute atomic E-state index is 12.0. The molecule has 1 nitrogen and oxygen atoms in total. The molecule has 0 aromatic rings. The molecule has 1 aliphatic rings. The molecule has 0 unspecified atom stereocenters. The van der Waals surface area contributed by atoms with Crippen molar-refractivity contribution in [2.45, 2.75) is 0 Å². The van der Waals surface area contributed by atoms with Gasteiger partial charge in [0, 0.05) is 4.01 Å². The molecule has 1 heterocycles. The number of aliphatic imine (C=N–C) groups is 1. The van der Waals surface area contributed by atoms with Crippen LogP contribution in [0.2, 0.25) is 0 Å². The minimum Gasteiger partial charge on any atom is -0.226 e. The van der Waals surface area contributed by atoms with E-state index in [1.807, 2.05) is 0 Å². The Morgan fingerprint density at radius 1 is 1.75 bits per heavy atom. The van der Waals surface area contributed by atoms with E-state index in [2.05, 4.69) is 4.99 Å². The second-order valence-corrected chi connectivity index (χ2v) is 4.54. The maximum Gasteiger partial charge on any atom is 0.218 e. The number of halogens is 3. The van der Waals surface area contributed by atoms with Gasteiger partial charge in [-0.1, -0.05) is 32.3 Å². The maximum atomic E-state index is 12.0. The Labute approximate surface area is 61.0 Å². The Bertz CT molecular complexity index is 164. The largest absolute Gasteiger partial charge is 0.226 e. The Balaban J connectivity index is 2.86. The highest BCUT2D eigenvalue weighted by Gasteiger charge is 1.94. The van der Waals surface area contributed by atoms with E-state index in [1.54, 1.807) is 0 Å². The molecule has 0 saturated carbocycles. The van der Waals surface area contributed by atoms with Crippen LogP contribution < -0.4 is 0 Å². The minimum atomic E-state index is -0.401. The molecule has 0 N–H and O–H groups in total. The first-order valence-electron chi connectivity index (χ1n) is 1.84. The van der Waals surface area contributed by atoms with Gasteiger partial charge in [-0.15, -0.1) is 0 Å². The molecule has 1 rings (SSSR count). The standard InChI is InChI=1S/C4H2ClFIN/c5-3-2-8-4(6)1-7-3/h1-2H. The third-order valence-corrected chi connectivity index (χ3v) is 2.88. The molecular weight excluding hydrogens is 243 g/mol. The molecule has 1 aliphatic heterocycles. The van der Waals surface area contributed by atoms with Crippen molar-refractivity contribution < 1.29 is 4.39 Å². The summed E-state index contributed by atoms with van der Waals surface area (Å²) in [5.41, 5.74) is 0. The molecule has 4 heteroatoms. The van der Waals surface area contributed by atoms with Crippen LogP contribution in [0.4, 0.5) is 4.39 Å². The summed E-state index contributed by atoms with van der Waals surface area (Å²) in [5.74, 6) is -0.401. The fourth-order valence-electron chi connectivity index (χ4n) is 0.264. The van der Waals surface area contributed by atoms with Crippen molar-refractivity contribution in [1.29, 1.82) is 0 Å². The fourth-order valence-corrected chi connectivity index (χ4v) is 1.60. The van der Waals surface area contributed by atoms with Gasteiger partial charge in [-0.05, 0) is 0 Å². The molecule has 0 saturated heterocycles. The Morgan fingerprint density at radius 3 is 2.88 bits per heavy atom. The molecule has 0 aromatic carbocycles. The van der Waals surface area contributed by atoms with Crippen LogP contribution in [0.5, 0.6) is 0 Å². The summed E-state index contributed by atoms with van der Waals surface area (Å²) >= 11 is 5.09. The van der Waals surface area contributed by atoms with Crippen molar-refractivity contribution in [3.63, 3.8) is 0 Å². The van der Waals surface area contributed by atoms with E-state index in [0.717, 1.165) is 0 Å². The summed E-state index contributed by atoms with van der Waals surface area (Å²) in [5, 5.41) is 0. The Hall–Kier alpha value is 0.230. The molecule has 8 heavy (non-hydrogen) atoms. The second kappa shape index (κ2) is 2.68. The summed E-state index contributed by atoms with van der Waals surface area (Å²) in [6, 6.07) is 0. The van der Waals surface area contributed by atoms with E-state index in [9.17, 15) is 4.39 Å². The number of hydrogen-bond donors (Lipinski definition) is 0. The average Bonchev–Trinajstić information content (AvgIpc) is 1.77. The number of nitrogens with zero attached hydrogens (tertiary/aromatic N) is 1. The van der Waals surface area contributed by atoms with Gasteiger partial charge < -0.3 is 0 Å². The quantitative estimate of drug-likeness (QED) is 0.580. The van der Waals surface area contributed by atoms with Crippen molar-refractivity contribution in [1.82, 2.24) is 0 Å². The first-order chi connectivity index (χ1) is 3.79. The number of hydrogen-bond acceptors (Lipinski definition) is 1. The Morgan fingerprint density at radius 2 is 2.50 bits per heavy atom. The predicted molar refractivity (Wildman–Crippen MR) is 42.6 cm³/mol. The van der Waals surface area contributed by atoms with Crippen LogP contribution >= 0.6 is 32.3 Å². The summed E-state index contributed by atoms with van der Waals surface area (Å²) in [7, 11) is 0. The second-order valence-electron chi connectivity index (χ2n) is 1.09. The van der Waals surface area contributed by atoms with Crippen LogP contribution in [0.3, 0.4) is 0 Å². The lowest BCUT2D eigenvalue weighted by Crippen LogP contribution is -1.87. The first-order valence-corrected chi connectivity index (χ1v) is 4.55. The molecule has 0 radical (unpaired) electrons. The van der Waals surface area contributed by atoms with E-state index >= 15 is 0 Å². The van der Waals surface area contributed by atoms with Gasteiger partial charge in [-0.3, -0.25) is 0 Å². The molecule has 0 aromatic heterocycles. The van der Waals surface area contributed by atoms with E-state index in [0.29, 0.717) is 3.04 Å². The van der Waals surface area contributed by atoms with E-state index in [-0.39, 0.29) is 0 Å². The molecule has 0 fully saturated rings. The SMILES string of the molecule is FC1=NC=C(Cl)I=C1. The van der Waals surface area contributed by atoms with Crippen molar-refractivity contribution in [3.05, 3.63) is 9.24 Å². The van der Waals surface area contributed by atoms with Gasteiger partial charge in [0.05, 0.1) is 9.24 Å². The van der Waals surface area contributed by atoms with Gasteiger partial charge in [0.2, 0.25) is 5.97 Å². The van der Waals surface area contributed by atoms with Gasteiger partial charge in [0.15, 0.2) is 0 Å². The van der Waals surface area contributed by atoms with Crippen molar-refractivity contribution in [3.8, 4) is 0 Å². The normalized spacial score (nSPS) is 18.8. The zero-order chi connectivity index (χ0) is 5.98. The zero-order valence-corrected chi connectivity index (χ0v) is 6.65. The van der Waals surface area contributed by atoms with Crippen LogP contribution in [-0.2, 0) is 0 Å². The summed E-state index contributed by atoms with van der Waals surface area (Å²) in [6.45, 7) is 0. The summed E-state index contributed by atoms with van der Waals surface area (Å²) in [6.07, 6.45) is 1.37. The smallest absolute Gasteiger partial charge is 0.218 e. The van der Waals surface area contributed by atoms with Gasteiger partial charge in [0.1, 0.15) is 0 Å². The highest BCUT2D eigenvalue weighted by atomic mass is 127. The fraction of sp³-hybridized carbons (Fsp3) is 0. The highest BCUT2D eigenvalue weighted by Crippen LogP contribution is 2.20. The molecule has 0 aliphatic carbocycles. The molecule has 0 atom stereocenters. The average molecular weight is 245 g/mol. The molecule has 0 amide bonds. The highest BCUT2D eigenvalue weighted by molar-refractivity contribution is 14.2. The van der Waals surface area contributed by atoms with Crippen molar-refractivity contribution in [2.24, 2.45) is 4.99 Å². The van der Waals surface area contributed by atoms with Crippen LogP contribution in [0.1, 0.15) is 0 Å². The third kappa shape index (κ3) is 1.63. The lowest BCUT2D eigenvalue weighted by molar-refractivity contribution is 0.825. The minimum absolute atomic E-state index is 0.393. The van der Waals surface area contributed by atoms with Crippen LogP contribution in [-0.4, -0.2) is 9.98 Å². The molecular formula is C4H2ClFIN. The topological polar surface area (TPSA) is 12.4 Å². The Kier molecular flexibility index (Phi) is 2.13. The number of rotatable bonds is 0. The zero-order valence-electron chi connectivity index (χ0n) is 3.74. The van der Waals surface area contributed by atoms with Crippen LogP contribution in [0.25, 0.3) is 0 Å². The lowest BCUT2D eigenvalue weighted by atomic mass is 10.8.